The van der Waals surface area contributed by atoms with E-state index in [-0.39, 0.29) is 5.69 Å². The molecule has 0 atom stereocenters. The predicted molar refractivity (Wildman–Crippen MR) is 147 cm³/mol. The first-order valence-electron chi connectivity index (χ1n) is 12.8. The average Bonchev–Trinajstić information content (AvgIpc) is 2.91. The summed E-state index contributed by atoms with van der Waals surface area (Å²) in [5.41, 5.74) is 1.06. The minimum atomic E-state index is -4.51. The number of hydrogen-bond acceptors (Lipinski definition) is 5. The fourth-order valence-electron chi connectivity index (χ4n) is 4.34. The molecule has 38 heavy (non-hydrogen) atoms. The fraction of sp³-hybridized carbons (Fsp3) is 0.345. The van der Waals surface area contributed by atoms with Crippen molar-refractivity contribution in [1.82, 2.24) is 19.9 Å². The number of alkyl halides is 3. The normalized spacial score (nSPS) is 11.9. The van der Waals surface area contributed by atoms with E-state index in [9.17, 15) is 13.2 Å². The number of benzene rings is 2. The third kappa shape index (κ3) is 6.79. The molecule has 0 aliphatic carbocycles. The van der Waals surface area contributed by atoms with Gasteiger partial charge in [-0.25, -0.2) is 9.97 Å². The van der Waals surface area contributed by atoms with Crippen molar-refractivity contribution in [2.75, 3.05) is 25.0 Å². The number of halogens is 4. The summed E-state index contributed by atoms with van der Waals surface area (Å²) in [4.78, 5) is 15.9. The molecular weight excluding hydrogens is 511 g/mol. The summed E-state index contributed by atoms with van der Waals surface area (Å²) < 4.78 is 41.0. The first-order chi connectivity index (χ1) is 18.3. The minimum Gasteiger partial charge on any atom is -0.369 e. The highest BCUT2D eigenvalue weighted by Gasteiger charge is 2.34. The van der Waals surface area contributed by atoms with Crippen LogP contribution >= 0.6 is 11.6 Å². The number of hydrogen-bond donors (Lipinski definition) is 1. The summed E-state index contributed by atoms with van der Waals surface area (Å²) >= 11 is 6.32. The van der Waals surface area contributed by atoms with Gasteiger partial charge >= 0.3 is 6.18 Å². The Hall–Kier alpha value is -3.23. The highest BCUT2D eigenvalue weighted by molar-refractivity contribution is 6.31. The molecule has 2 aromatic carbocycles. The summed E-state index contributed by atoms with van der Waals surface area (Å²) in [7, 11) is 0. The minimum absolute atomic E-state index is 0.117. The third-order valence-electron chi connectivity index (χ3n) is 6.41. The smallest absolute Gasteiger partial charge is 0.369 e. The van der Waals surface area contributed by atoms with Gasteiger partial charge in [0.2, 0.25) is 0 Å². The van der Waals surface area contributed by atoms with Crippen molar-refractivity contribution in [1.29, 1.82) is 0 Å². The van der Waals surface area contributed by atoms with Crippen LogP contribution in [0.1, 0.15) is 43.6 Å². The van der Waals surface area contributed by atoms with Crippen molar-refractivity contribution >= 4 is 28.3 Å². The van der Waals surface area contributed by atoms with Gasteiger partial charge in [0.15, 0.2) is 0 Å². The molecule has 4 rings (SSSR count). The van der Waals surface area contributed by atoms with Crippen LogP contribution in [0.2, 0.25) is 5.02 Å². The van der Waals surface area contributed by atoms with Crippen molar-refractivity contribution in [2.24, 2.45) is 0 Å². The molecule has 0 aliphatic rings. The summed E-state index contributed by atoms with van der Waals surface area (Å²) in [5.74, 6) is 1.26. The Kier molecular flexibility index (Phi) is 9.17. The molecule has 200 valence electrons. The molecule has 0 unspecified atom stereocenters. The van der Waals surface area contributed by atoms with E-state index in [4.69, 9.17) is 21.6 Å². The Labute approximate surface area is 226 Å². The molecule has 0 bridgehead atoms. The van der Waals surface area contributed by atoms with Crippen LogP contribution in [0, 0.1) is 0 Å². The van der Waals surface area contributed by atoms with Crippen LogP contribution in [0.4, 0.5) is 19.0 Å². The van der Waals surface area contributed by atoms with Crippen LogP contribution in [-0.4, -0.2) is 39.5 Å². The maximum absolute atomic E-state index is 13.7. The van der Waals surface area contributed by atoms with Gasteiger partial charge in [0, 0.05) is 28.7 Å². The van der Waals surface area contributed by atoms with E-state index < -0.39 is 11.7 Å². The van der Waals surface area contributed by atoms with Gasteiger partial charge in [-0.3, -0.25) is 9.88 Å². The molecule has 0 fully saturated rings. The molecule has 0 aliphatic heterocycles. The zero-order valence-electron chi connectivity index (χ0n) is 21.5. The number of unbranched alkanes of at least 4 members (excludes halogenated alkanes) is 1. The SMILES string of the molecule is CCCCN(CC)Cc1nc(NCCc2ccccc2Cl)c2ccc(-c3ncccc3C(F)(F)F)cc2n1. The number of fused-ring (bicyclic) bond motifs is 1. The van der Waals surface area contributed by atoms with E-state index in [2.05, 4.69) is 29.0 Å². The van der Waals surface area contributed by atoms with Crippen LogP contribution < -0.4 is 5.32 Å². The van der Waals surface area contributed by atoms with Crippen molar-refractivity contribution in [3.63, 3.8) is 0 Å². The van der Waals surface area contributed by atoms with Gasteiger partial charge in [0.1, 0.15) is 11.6 Å². The van der Waals surface area contributed by atoms with Crippen molar-refractivity contribution in [3.05, 3.63) is 82.8 Å². The van der Waals surface area contributed by atoms with Gasteiger partial charge in [-0.2, -0.15) is 13.2 Å². The molecule has 2 aromatic heterocycles. The summed E-state index contributed by atoms with van der Waals surface area (Å²) in [6.45, 7) is 7.15. The van der Waals surface area contributed by atoms with Gasteiger partial charge in [0.05, 0.1) is 23.3 Å². The van der Waals surface area contributed by atoms with Gasteiger partial charge in [-0.1, -0.05) is 56.1 Å². The van der Waals surface area contributed by atoms with E-state index in [0.29, 0.717) is 47.3 Å². The number of nitrogens with one attached hydrogen (secondary N) is 1. The molecule has 0 radical (unpaired) electrons. The Bertz CT molecular complexity index is 1380. The zero-order valence-corrected chi connectivity index (χ0v) is 22.3. The standard InChI is InChI=1S/C29H31ClF3N5/c1-3-5-17-38(4-2)19-26-36-25-18-21(27-23(29(31,32)33)10-8-15-34-27)12-13-22(25)28(37-26)35-16-14-20-9-6-7-11-24(20)30/h6-13,15,18H,3-5,14,16-17,19H2,1-2H3,(H,35,36,37). The van der Waals surface area contributed by atoms with E-state index >= 15 is 0 Å². The van der Waals surface area contributed by atoms with E-state index in [1.165, 1.54) is 12.3 Å². The molecule has 1 N–H and O–H groups in total. The molecule has 9 heteroatoms. The van der Waals surface area contributed by atoms with Gasteiger partial charge in [0.25, 0.3) is 0 Å². The second-order valence-electron chi connectivity index (χ2n) is 9.11. The second-order valence-corrected chi connectivity index (χ2v) is 9.52. The Balaban J connectivity index is 1.71. The molecule has 0 amide bonds. The van der Waals surface area contributed by atoms with E-state index in [0.717, 1.165) is 42.9 Å². The number of aromatic nitrogens is 3. The van der Waals surface area contributed by atoms with Crippen LogP contribution in [-0.2, 0) is 19.1 Å². The van der Waals surface area contributed by atoms with Gasteiger partial charge in [-0.15, -0.1) is 0 Å². The third-order valence-corrected chi connectivity index (χ3v) is 6.78. The van der Waals surface area contributed by atoms with E-state index in [1.54, 1.807) is 18.2 Å². The average molecular weight is 542 g/mol. The largest absolute Gasteiger partial charge is 0.418 e. The monoisotopic (exact) mass is 541 g/mol. The molecule has 0 saturated carbocycles. The van der Waals surface area contributed by atoms with Crippen molar-refractivity contribution in [2.45, 2.75) is 45.8 Å². The lowest BCUT2D eigenvalue weighted by atomic mass is 10.0. The number of nitrogens with zero attached hydrogens (tertiary/aromatic N) is 4. The number of rotatable bonds is 11. The lowest BCUT2D eigenvalue weighted by Gasteiger charge is -2.20. The topological polar surface area (TPSA) is 53.9 Å². The van der Waals surface area contributed by atoms with Crippen LogP contribution in [0.25, 0.3) is 22.2 Å². The van der Waals surface area contributed by atoms with Gasteiger partial charge in [-0.05, 0) is 61.8 Å². The summed E-state index contributed by atoms with van der Waals surface area (Å²) in [6, 6.07) is 15.1. The highest BCUT2D eigenvalue weighted by atomic mass is 35.5. The van der Waals surface area contributed by atoms with Gasteiger partial charge < -0.3 is 5.32 Å². The zero-order chi connectivity index (χ0) is 27.1. The van der Waals surface area contributed by atoms with Crippen molar-refractivity contribution in [3.8, 4) is 11.3 Å². The number of anilines is 1. The lowest BCUT2D eigenvalue weighted by molar-refractivity contribution is -0.137. The first-order valence-corrected chi connectivity index (χ1v) is 13.2. The Morgan fingerprint density at radius 1 is 1.00 bits per heavy atom. The summed E-state index contributed by atoms with van der Waals surface area (Å²) in [6.07, 6.45) is -0.303. The summed E-state index contributed by atoms with van der Waals surface area (Å²) in [5, 5.41) is 4.85. The Morgan fingerprint density at radius 3 is 2.55 bits per heavy atom. The molecule has 4 aromatic rings. The van der Waals surface area contributed by atoms with Crippen LogP contribution in [0.15, 0.2) is 60.8 Å². The molecule has 0 saturated heterocycles. The number of pyridine rings is 1. The van der Waals surface area contributed by atoms with Crippen LogP contribution in [0.5, 0.6) is 0 Å². The highest BCUT2D eigenvalue weighted by Crippen LogP contribution is 2.36. The Morgan fingerprint density at radius 2 is 1.82 bits per heavy atom. The second kappa shape index (κ2) is 12.5. The lowest BCUT2D eigenvalue weighted by Crippen LogP contribution is -2.25. The molecular formula is C29H31ClF3N5. The van der Waals surface area contributed by atoms with Crippen LogP contribution in [0.3, 0.4) is 0 Å². The van der Waals surface area contributed by atoms with E-state index in [1.807, 2.05) is 24.3 Å². The predicted octanol–water partition coefficient (Wildman–Crippen LogP) is 7.64. The quantitative estimate of drug-likeness (QED) is 0.211. The molecule has 2 heterocycles. The maximum atomic E-state index is 13.7. The molecule has 5 nitrogen and oxygen atoms in total. The fourth-order valence-corrected chi connectivity index (χ4v) is 4.57. The van der Waals surface area contributed by atoms with Crippen molar-refractivity contribution < 1.29 is 13.2 Å². The maximum Gasteiger partial charge on any atom is 0.418 e. The first kappa shape index (κ1) is 27.8. The molecule has 0 spiro atoms.